The van der Waals surface area contributed by atoms with Gasteiger partial charge in [0.05, 0.1) is 6.20 Å². The smallest absolute Gasteiger partial charge is 0.220 e. The van der Waals surface area contributed by atoms with Gasteiger partial charge in [-0.25, -0.2) is 4.98 Å². The van der Waals surface area contributed by atoms with Gasteiger partial charge in [-0.15, -0.1) is 11.3 Å². The van der Waals surface area contributed by atoms with Crippen LogP contribution in [0.4, 0.5) is 0 Å². The number of carbonyl (C=O) groups is 1. The van der Waals surface area contributed by atoms with E-state index in [-0.39, 0.29) is 5.91 Å². The monoisotopic (exact) mass is 360 g/mol. The van der Waals surface area contributed by atoms with Gasteiger partial charge in [0, 0.05) is 34.8 Å². The number of hydrogen-bond acceptors (Lipinski definition) is 4. The minimum Gasteiger partial charge on any atom is -0.441 e. The highest BCUT2D eigenvalue weighted by Crippen LogP contribution is 2.22. The van der Waals surface area contributed by atoms with Crippen LogP contribution in [0.1, 0.15) is 17.2 Å². The van der Waals surface area contributed by atoms with Crippen molar-refractivity contribution in [3.05, 3.63) is 63.8 Å². The SMILES string of the molecule is O=C(CCc1ncc(-c2ccc(Cl)cc2)o1)NCCc1cccs1. The fraction of sp³-hybridized carbons (Fsp3) is 0.222. The third kappa shape index (κ3) is 4.69. The first-order chi connectivity index (χ1) is 11.7. The molecule has 0 unspecified atom stereocenters. The molecule has 1 aromatic carbocycles. The van der Waals surface area contributed by atoms with Crippen LogP contribution in [-0.4, -0.2) is 17.4 Å². The van der Waals surface area contributed by atoms with Gasteiger partial charge in [0.15, 0.2) is 11.7 Å². The standard InChI is InChI=1S/C18H17ClN2O2S/c19-14-5-3-13(4-6-14)16-12-21-18(23-16)8-7-17(22)20-10-9-15-2-1-11-24-15/h1-6,11-12H,7-10H2,(H,20,22). The van der Waals surface area contributed by atoms with E-state index in [0.717, 1.165) is 12.0 Å². The van der Waals surface area contributed by atoms with E-state index in [0.29, 0.717) is 36.1 Å². The van der Waals surface area contributed by atoms with E-state index in [4.69, 9.17) is 16.0 Å². The lowest BCUT2D eigenvalue weighted by Crippen LogP contribution is -2.25. The number of aromatic nitrogens is 1. The van der Waals surface area contributed by atoms with Crippen molar-refractivity contribution >= 4 is 28.8 Å². The highest BCUT2D eigenvalue weighted by molar-refractivity contribution is 7.09. The number of oxazole rings is 1. The molecule has 0 saturated carbocycles. The molecule has 2 heterocycles. The number of benzene rings is 1. The molecule has 0 aliphatic rings. The van der Waals surface area contributed by atoms with Crippen molar-refractivity contribution in [1.82, 2.24) is 10.3 Å². The molecule has 0 spiro atoms. The Morgan fingerprint density at radius 1 is 1.21 bits per heavy atom. The number of amides is 1. The third-order valence-electron chi connectivity index (χ3n) is 3.52. The maximum absolute atomic E-state index is 11.9. The molecule has 0 bridgehead atoms. The number of rotatable bonds is 7. The van der Waals surface area contributed by atoms with Gasteiger partial charge >= 0.3 is 0 Å². The van der Waals surface area contributed by atoms with E-state index >= 15 is 0 Å². The largest absolute Gasteiger partial charge is 0.441 e. The minimum absolute atomic E-state index is 0.0119. The second-order valence-corrected chi connectivity index (χ2v) is 6.77. The number of halogens is 1. The van der Waals surface area contributed by atoms with Crippen molar-refractivity contribution in [2.75, 3.05) is 6.54 Å². The Morgan fingerprint density at radius 3 is 2.79 bits per heavy atom. The van der Waals surface area contributed by atoms with Gasteiger partial charge in [0.2, 0.25) is 5.91 Å². The Bertz CT molecular complexity index is 782. The van der Waals surface area contributed by atoms with Crippen LogP contribution in [-0.2, 0) is 17.6 Å². The Balaban J connectivity index is 1.44. The van der Waals surface area contributed by atoms with Gasteiger partial charge in [-0.05, 0) is 42.1 Å². The molecule has 0 aliphatic heterocycles. The summed E-state index contributed by atoms with van der Waals surface area (Å²) in [5, 5.41) is 5.64. The molecule has 3 rings (SSSR count). The minimum atomic E-state index is 0.0119. The summed E-state index contributed by atoms with van der Waals surface area (Å²) in [7, 11) is 0. The van der Waals surface area contributed by atoms with Gasteiger partial charge in [-0.2, -0.15) is 0 Å². The molecule has 0 saturated heterocycles. The number of thiophene rings is 1. The molecule has 0 radical (unpaired) electrons. The zero-order chi connectivity index (χ0) is 16.8. The summed E-state index contributed by atoms with van der Waals surface area (Å²) in [5.74, 6) is 1.26. The van der Waals surface area contributed by atoms with Crippen LogP contribution in [0.5, 0.6) is 0 Å². The fourth-order valence-electron chi connectivity index (χ4n) is 2.26. The summed E-state index contributed by atoms with van der Waals surface area (Å²) in [4.78, 5) is 17.4. The van der Waals surface area contributed by atoms with Crippen molar-refractivity contribution in [3.8, 4) is 11.3 Å². The van der Waals surface area contributed by atoms with E-state index in [1.807, 2.05) is 23.6 Å². The molecule has 3 aromatic rings. The second-order valence-electron chi connectivity index (χ2n) is 5.30. The highest BCUT2D eigenvalue weighted by atomic mass is 35.5. The number of nitrogens with one attached hydrogen (secondary N) is 1. The summed E-state index contributed by atoms with van der Waals surface area (Å²) in [6.45, 7) is 0.654. The van der Waals surface area contributed by atoms with Crippen LogP contribution >= 0.6 is 22.9 Å². The number of nitrogens with zero attached hydrogens (tertiary/aromatic N) is 1. The van der Waals surface area contributed by atoms with Gasteiger partial charge in [-0.1, -0.05) is 17.7 Å². The van der Waals surface area contributed by atoms with Gasteiger partial charge < -0.3 is 9.73 Å². The molecule has 1 N–H and O–H groups in total. The number of hydrogen-bond donors (Lipinski definition) is 1. The van der Waals surface area contributed by atoms with Crippen molar-refractivity contribution < 1.29 is 9.21 Å². The average molecular weight is 361 g/mol. The summed E-state index contributed by atoms with van der Waals surface area (Å²) < 4.78 is 5.69. The average Bonchev–Trinajstić information content (AvgIpc) is 3.25. The zero-order valence-corrected chi connectivity index (χ0v) is 14.6. The predicted molar refractivity (Wildman–Crippen MR) is 96.3 cm³/mol. The molecule has 1 amide bonds. The van der Waals surface area contributed by atoms with Crippen LogP contribution in [0.2, 0.25) is 5.02 Å². The first-order valence-electron chi connectivity index (χ1n) is 7.70. The first-order valence-corrected chi connectivity index (χ1v) is 8.96. The number of aryl methyl sites for hydroxylation is 1. The third-order valence-corrected chi connectivity index (χ3v) is 4.71. The fourth-order valence-corrected chi connectivity index (χ4v) is 3.10. The van der Waals surface area contributed by atoms with Gasteiger partial charge in [0.25, 0.3) is 0 Å². The molecular weight excluding hydrogens is 344 g/mol. The lowest BCUT2D eigenvalue weighted by molar-refractivity contribution is -0.121. The molecule has 0 fully saturated rings. The normalized spacial score (nSPS) is 10.7. The maximum Gasteiger partial charge on any atom is 0.220 e. The number of carbonyl (C=O) groups excluding carboxylic acids is 1. The molecule has 2 aromatic heterocycles. The summed E-state index contributed by atoms with van der Waals surface area (Å²) in [5.41, 5.74) is 0.915. The molecule has 6 heteroatoms. The Labute approximate surface area is 149 Å². The summed E-state index contributed by atoms with van der Waals surface area (Å²) in [6, 6.07) is 11.5. The van der Waals surface area contributed by atoms with Crippen LogP contribution in [0.25, 0.3) is 11.3 Å². The van der Waals surface area contributed by atoms with Crippen LogP contribution in [0.15, 0.2) is 52.4 Å². The maximum atomic E-state index is 11.9. The molecule has 0 aliphatic carbocycles. The molecule has 124 valence electrons. The first kappa shape index (κ1) is 16.7. The quantitative estimate of drug-likeness (QED) is 0.681. The van der Waals surface area contributed by atoms with Crippen LogP contribution in [0.3, 0.4) is 0 Å². The van der Waals surface area contributed by atoms with Crippen molar-refractivity contribution in [2.45, 2.75) is 19.3 Å². The van der Waals surface area contributed by atoms with E-state index in [1.165, 1.54) is 4.88 Å². The molecule has 4 nitrogen and oxygen atoms in total. The van der Waals surface area contributed by atoms with Crippen LogP contribution in [0, 0.1) is 0 Å². The van der Waals surface area contributed by atoms with Crippen molar-refractivity contribution in [3.63, 3.8) is 0 Å². The van der Waals surface area contributed by atoms with E-state index in [9.17, 15) is 4.79 Å². The zero-order valence-electron chi connectivity index (χ0n) is 13.0. The van der Waals surface area contributed by atoms with Crippen molar-refractivity contribution in [2.24, 2.45) is 0 Å². The van der Waals surface area contributed by atoms with Crippen molar-refractivity contribution in [1.29, 1.82) is 0 Å². The second kappa shape index (κ2) is 8.13. The molecule has 24 heavy (non-hydrogen) atoms. The summed E-state index contributed by atoms with van der Waals surface area (Å²) >= 11 is 7.57. The molecular formula is C18H17ClN2O2S. The van der Waals surface area contributed by atoms with E-state index < -0.39 is 0 Å². The Morgan fingerprint density at radius 2 is 2.04 bits per heavy atom. The highest BCUT2D eigenvalue weighted by Gasteiger charge is 2.09. The van der Waals surface area contributed by atoms with Gasteiger partial charge in [0.1, 0.15) is 0 Å². The van der Waals surface area contributed by atoms with E-state index in [1.54, 1.807) is 29.7 Å². The lowest BCUT2D eigenvalue weighted by atomic mass is 10.2. The Hall–Kier alpha value is -2.11. The van der Waals surface area contributed by atoms with Crippen LogP contribution < -0.4 is 5.32 Å². The van der Waals surface area contributed by atoms with Gasteiger partial charge in [-0.3, -0.25) is 4.79 Å². The topological polar surface area (TPSA) is 55.1 Å². The predicted octanol–water partition coefficient (Wildman–Crippen LogP) is 4.35. The summed E-state index contributed by atoms with van der Waals surface area (Å²) in [6.07, 6.45) is 3.39. The molecule has 0 atom stereocenters. The Kier molecular flexibility index (Phi) is 5.67. The lowest BCUT2D eigenvalue weighted by Gasteiger charge is -2.03. The van der Waals surface area contributed by atoms with E-state index in [2.05, 4.69) is 16.4 Å².